The number of hydrogen-bond acceptors (Lipinski definition) is 2. The third kappa shape index (κ3) is 2.54. The summed E-state index contributed by atoms with van der Waals surface area (Å²) in [4.78, 5) is 9.28. The van der Waals surface area contributed by atoms with Crippen LogP contribution in [0.15, 0.2) is 30.5 Å². The molecule has 0 saturated carbocycles. The van der Waals surface area contributed by atoms with E-state index in [0.29, 0.717) is 5.88 Å². The lowest BCUT2D eigenvalue weighted by molar-refractivity contribution is 0.903. The summed E-state index contributed by atoms with van der Waals surface area (Å²) in [5.74, 6) is 1.51. The van der Waals surface area contributed by atoms with Gasteiger partial charge < -0.3 is 0 Å². The van der Waals surface area contributed by atoms with Crippen LogP contribution in [0.3, 0.4) is 0 Å². The average Bonchev–Trinajstić information content (AvgIpc) is 2.79. The Morgan fingerprint density at radius 2 is 1.90 bits per heavy atom. The van der Waals surface area contributed by atoms with Crippen molar-refractivity contribution < 1.29 is 0 Å². The van der Waals surface area contributed by atoms with Gasteiger partial charge in [-0.3, -0.25) is 4.57 Å². The molecule has 0 bridgehead atoms. The minimum Gasteiger partial charge on any atom is -0.281 e. The van der Waals surface area contributed by atoms with Crippen LogP contribution >= 0.6 is 11.6 Å². The maximum Gasteiger partial charge on any atom is 0.164 e. The number of alkyl halides is 1. The fraction of sp³-hybridized carbons (Fsp3) is 0.294. The molecule has 1 aromatic carbocycles. The van der Waals surface area contributed by atoms with Crippen molar-refractivity contribution in [1.29, 1.82) is 0 Å². The van der Waals surface area contributed by atoms with Gasteiger partial charge in [-0.15, -0.1) is 11.6 Å². The molecule has 21 heavy (non-hydrogen) atoms. The lowest BCUT2D eigenvalue weighted by Gasteiger charge is -2.10. The highest BCUT2D eigenvalue weighted by molar-refractivity contribution is 6.17. The Balaban J connectivity index is 2.27. The van der Waals surface area contributed by atoms with E-state index in [1.54, 1.807) is 0 Å². The summed E-state index contributed by atoms with van der Waals surface area (Å²) in [7, 11) is 0. The van der Waals surface area contributed by atoms with E-state index < -0.39 is 0 Å². The highest BCUT2D eigenvalue weighted by Crippen LogP contribution is 2.23. The number of rotatable bonds is 3. The summed E-state index contributed by atoms with van der Waals surface area (Å²) in [6.45, 7) is 6.27. The predicted molar refractivity (Wildman–Crippen MR) is 87.5 cm³/mol. The zero-order valence-corrected chi connectivity index (χ0v) is 13.3. The molecule has 0 radical (unpaired) electrons. The molecule has 4 heteroatoms. The van der Waals surface area contributed by atoms with Gasteiger partial charge in [-0.2, -0.15) is 0 Å². The van der Waals surface area contributed by atoms with Crippen LogP contribution in [0.1, 0.15) is 22.5 Å². The van der Waals surface area contributed by atoms with Crippen molar-refractivity contribution in [3.63, 3.8) is 0 Å². The molecule has 0 atom stereocenters. The number of nitrogens with zero attached hydrogens (tertiary/aromatic N) is 3. The Labute approximate surface area is 129 Å². The molecule has 3 rings (SSSR count). The van der Waals surface area contributed by atoms with Gasteiger partial charge in [0.2, 0.25) is 0 Å². The summed E-state index contributed by atoms with van der Waals surface area (Å²) in [5, 5.41) is 0. The standard InChI is InChI=1S/C17H18ClN3/c1-11-8-15-17(19-10-11)21(16(20-15)6-7-18)14-5-4-12(2)13(3)9-14/h4-5,8-10H,6-7H2,1-3H3. The smallest absolute Gasteiger partial charge is 0.164 e. The highest BCUT2D eigenvalue weighted by Gasteiger charge is 2.13. The number of aryl methyl sites for hydroxylation is 4. The molecule has 0 unspecified atom stereocenters. The van der Waals surface area contributed by atoms with Crippen LogP contribution in [0, 0.1) is 20.8 Å². The summed E-state index contributed by atoms with van der Waals surface area (Å²) in [6.07, 6.45) is 2.61. The molecule has 0 fully saturated rings. The Kier molecular flexibility index (Phi) is 3.68. The molecule has 0 aliphatic heterocycles. The van der Waals surface area contributed by atoms with Crippen molar-refractivity contribution in [1.82, 2.24) is 14.5 Å². The normalized spacial score (nSPS) is 11.2. The Morgan fingerprint density at radius 1 is 1.10 bits per heavy atom. The van der Waals surface area contributed by atoms with Crippen molar-refractivity contribution in [2.45, 2.75) is 27.2 Å². The van der Waals surface area contributed by atoms with Gasteiger partial charge in [0.1, 0.15) is 11.3 Å². The van der Waals surface area contributed by atoms with Crippen LogP contribution in [0.25, 0.3) is 16.9 Å². The molecule has 0 aliphatic rings. The molecular formula is C17H18ClN3. The number of halogens is 1. The number of pyridine rings is 1. The molecular weight excluding hydrogens is 282 g/mol. The van der Waals surface area contributed by atoms with Crippen molar-refractivity contribution in [3.05, 3.63) is 53.0 Å². The van der Waals surface area contributed by atoms with E-state index in [4.69, 9.17) is 16.6 Å². The quantitative estimate of drug-likeness (QED) is 0.681. The van der Waals surface area contributed by atoms with Gasteiger partial charge in [0.05, 0.1) is 0 Å². The lowest BCUT2D eigenvalue weighted by Crippen LogP contribution is -2.03. The first-order valence-electron chi connectivity index (χ1n) is 7.07. The molecule has 2 aromatic heterocycles. The molecule has 108 valence electrons. The van der Waals surface area contributed by atoms with Crippen molar-refractivity contribution in [3.8, 4) is 5.69 Å². The maximum atomic E-state index is 5.94. The number of aromatic nitrogens is 3. The van der Waals surface area contributed by atoms with Gasteiger partial charge in [0, 0.05) is 24.2 Å². The predicted octanol–water partition coefficient (Wildman–Crippen LogP) is 4.13. The molecule has 0 N–H and O–H groups in total. The largest absolute Gasteiger partial charge is 0.281 e. The first kappa shape index (κ1) is 14.1. The summed E-state index contributed by atoms with van der Waals surface area (Å²) in [6, 6.07) is 8.49. The van der Waals surface area contributed by atoms with Gasteiger partial charge in [-0.05, 0) is 55.7 Å². The van der Waals surface area contributed by atoms with Crippen molar-refractivity contribution in [2.24, 2.45) is 0 Å². The second-order valence-electron chi connectivity index (χ2n) is 5.43. The van der Waals surface area contributed by atoms with Crippen molar-refractivity contribution in [2.75, 3.05) is 5.88 Å². The zero-order chi connectivity index (χ0) is 15.0. The summed E-state index contributed by atoms with van der Waals surface area (Å²) in [5.41, 5.74) is 6.57. The second-order valence-corrected chi connectivity index (χ2v) is 5.80. The number of fused-ring (bicyclic) bond motifs is 1. The third-order valence-corrected chi connectivity index (χ3v) is 3.96. The highest BCUT2D eigenvalue weighted by atomic mass is 35.5. The van der Waals surface area contributed by atoms with Gasteiger partial charge in [0.15, 0.2) is 5.65 Å². The SMILES string of the molecule is Cc1cnc2c(c1)nc(CCCl)n2-c1ccc(C)c(C)c1. The summed E-state index contributed by atoms with van der Waals surface area (Å²) < 4.78 is 2.11. The summed E-state index contributed by atoms with van der Waals surface area (Å²) >= 11 is 5.94. The van der Waals surface area contributed by atoms with E-state index in [0.717, 1.165) is 34.7 Å². The number of hydrogen-bond donors (Lipinski definition) is 0. The topological polar surface area (TPSA) is 30.7 Å². The third-order valence-electron chi connectivity index (χ3n) is 3.77. The van der Waals surface area contributed by atoms with Gasteiger partial charge in [-0.25, -0.2) is 9.97 Å². The van der Waals surface area contributed by atoms with Crippen LogP contribution in [-0.2, 0) is 6.42 Å². The van der Waals surface area contributed by atoms with Gasteiger partial charge in [0.25, 0.3) is 0 Å². The van der Waals surface area contributed by atoms with Gasteiger partial charge in [-0.1, -0.05) is 6.07 Å². The van der Waals surface area contributed by atoms with E-state index in [2.05, 4.69) is 47.7 Å². The minimum atomic E-state index is 0.549. The van der Waals surface area contributed by atoms with Crippen molar-refractivity contribution >= 4 is 22.8 Å². The van der Waals surface area contributed by atoms with Crippen LogP contribution in [0.2, 0.25) is 0 Å². The van der Waals surface area contributed by atoms with Gasteiger partial charge >= 0.3 is 0 Å². The second kappa shape index (κ2) is 5.49. The molecule has 0 spiro atoms. The minimum absolute atomic E-state index is 0.549. The number of benzene rings is 1. The fourth-order valence-corrected chi connectivity index (χ4v) is 2.67. The monoisotopic (exact) mass is 299 g/mol. The Hall–Kier alpha value is -1.87. The zero-order valence-electron chi connectivity index (χ0n) is 12.5. The number of imidazole rings is 1. The van der Waals surface area contributed by atoms with E-state index in [-0.39, 0.29) is 0 Å². The van der Waals surface area contributed by atoms with E-state index in [1.165, 1.54) is 11.1 Å². The van der Waals surface area contributed by atoms with Crippen LogP contribution in [0.4, 0.5) is 0 Å². The van der Waals surface area contributed by atoms with E-state index in [9.17, 15) is 0 Å². The Morgan fingerprint density at radius 3 is 2.62 bits per heavy atom. The molecule has 3 aromatic rings. The van der Waals surface area contributed by atoms with Crippen LogP contribution in [0.5, 0.6) is 0 Å². The molecule has 0 aliphatic carbocycles. The fourth-order valence-electron chi connectivity index (χ4n) is 2.50. The first-order valence-corrected chi connectivity index (χ1v) is 7.61. The molecule has 2 heterocycles. The molecule has 0 saturated heterocycles. The van der Waals surface area contributed by atoms with E-state index >= 15 is 0 Å². The Bertz CT molecular complexity index is 805. The maximum absolute atomic E-state index is 5.94. The van der Waals surface area contributed by atoms with Crippen LogP contribution in [-0.4, -0.2) is 20.4 Å². The van der Waals surface area contributed by atoms with E-state index in [1.807, 2.05) is 13.1 Å². The average molecular weight is 300 g/mol. The first-order chi connectivity index (χ1) is 10.1. The lowest BCUT2D eigenvalue weighted by atomic mass is 10.1. The molecule has 3 nitrogen and oxygen atoms in total. The molecule has 0 amide bonds. The van der Waals surface area contributed by atoms with Crippen LogP contribution < -0.4 is 0 Å².